The van der Waals surface area contributed by atoms with E-state index in [0.29, 0.717) is 0 Å². The summed E-state index contributed by atoms with van der Waals surface area (Å²) in [4.78, 5) is 2.05. The van der Waals surface area contributed by atoms with Crippen molar-refractivity contribution in [1.29, 1.82) is 0 Å². The van der Waals surface area contributed by atoms with Gasteiger partial charge in [0.05, 0.1) is 0 Å². The molecule has 0 N–H and O–H groups in total. The van der Waals surface area contributed by atoms with Crippen molar-refractivity contribution in [3.05, 3.63) is 15.5 Å². The third-order valence-corrected chi connectivity index (χ3v) is 3.43. The standard InChI is InChI=1S/C10H16N2.2V/c1-8-9(2)12(7-11(8)6)10(3,4)5;;/h6H,1-5H3;;. The van der Waals surface area contributed by atoms with Gasteiger partial charge in [-0.2, -0.15) is 0 Å². The van der Waals surface area contributed by atoms with E-state index in [1.807, 2.05) is 4.85 Å². The second-order valence-electron chi connectivity index (χ2n) is 4.46. The van der Waals surface area contributed by atoms with Crippen LogP contribution < -0.4 is 0 Å². The van der Waals surface area contributed by atoms with Gasteiger partial charge in [0.2, 0.25) is 0 Å². The fourth-order valence-electron chi connectivity index (χ4n) is 1.69. The number of nitrogens with zero attached hydrogens (tertiary/aromatic N) is 2. The van der Waals surface area contributed by atoms with E-state index in [1.165, 1.54) is 15.5 Å². The molecule has 0 aliphatic carbocycles. The molecule has 0 radical (unpaired) electrons. The third kappa shape index (κ3) is 1.94. The van der Waals surface area contributed by atoms with E-state index in [4.69, 9.17) is 0 Å². The van der Waals surface area contributed by atoms with Crippen LogP contribution >= 0.6 is 0 Å². The molecule has 4 heteroatoms. The van der Waals surface area contributed by atoms with Gasteiger partial charge in [0, 0.05) is 0 Å². The Bertz CT molecular complexity index is 419. The molecule has 1 aromatic rings. The molecular weight excluding hydrogens is 250 g/mol. The Hall–Kier alpha value is 0.249. The number of hydrogen-bond acceptors (Lipinski definition) is 0. The Kier molecular flexibility index (Phi) is 3.53. The molecule has 0 aromatic carbocycles. The van der Waals surface area contributed by atoms with Crippen molar-refractivity contribution in [1.82, 2.24) is 9.13 Å². The van der Waals surface area contributed by atoms with Gasteiger partial charge in [-0.1, -0.05) is 0 Å². The fraction of sp³-hybridized carbons (Fsp3) is 0.600. The Morgan fingerprint density at radius 2 is 1.64 bits per heavy atom. The van der Waals surface area contributed by atoms with Crippen molar-refractivity contribution in [2.24, 2.45) is 0 Å². The van der Waals surface area contributed by atoms with Crippen molar-refractivity contribution in [2.45, 2.75) is 40.2 Å². The first-order valence-electron chi connectivity index (χ1n) is 4.61. The van der Waals surface area contributed by atoms with E-state index in [9.17, 15) is 0 Å². The van der Waals surface area contributed by atoms with Crippen molar-refractivity contribution < 1.29 is 34.0 Å². The Morgan fingerprint density at radius 1 is 1.14 bits per heavy atom. The van der Waals surface area contributed by atoms with Gasteiger partial charge >= 0.3 is 104 Å². The quantitative estimate of drug-likeness (QED) is 0.734. The van der Waals surface area contributed by atoms with E-state index in [1.54, 1.807) is 0 Å². The minimum atomic E-state index is 0.137. The average Bonchev–Trinajstić information content (AvgIpc) is 2.22. The summed E-state index contributed by atoms with van der Waals surface area (Å²) in [5, 5.41) is 0. The van der Waals surface area contributed by atoms with Gasteiger partial charge in [-0.15, -0.1) is 0 Å². The van der Waals surface area contributed by atoms with Crippen molar-refractivity contribution in [3.63, 3.8) is 0 Å². The van der Waals surface area contributed by atoms with Crippen molar-refractivity contribution >= 4 is 4.85 Å². The van der Waals surface area contributed by atoms with Crippen LogP contribution in [0.2, 0.25) is 0 Å². The molecule has 1 aromatic heterocycles. The fourth-order valence-corrected chi connectivity index (χ4v) is 3.39. The van der Waals surface area contributed by atoms with Crippen LogP contribution in [0.5, 0.6) is 0 Å². The van der Waals surface area contributed by atoms with Gasteiger partial charge in [0.25, 0.3) is 0 Å². The molecule has 0 unspecified atom stereocenters. The van der Waals surface area contributed by atoms with Crippen LogP contribution in [0.4, 0.5) is 0 Å². The van der Waals surface area contributed by atoms with Crippen LogP contribution in [0.25, 0.3) is 0 Å². The van der Waals surface area contributed by atoms with Crippen LogP contribution in [-0.4, -0.2) is 14.0 Å². The summed E-state index contributed by atoms with van der Waals surface area (Å²) in [6, 6.07) is 0. The maximum absolute atomic E-state index is 2.65. The Labute approximate surface area is 103 Å². The molecule has 1 heterocycles. The minimum absolute atomic E-state index is 0.137. The van der Waals surface area contributed by atoms with Gasteiger partial charge < -0.3 is 0 Å². The molecule has 1 rings (SSSR count). The van der Waals surface area contributed by atoms with E-state index in [2.05, 4.69) is 77.7 Å². The first-order valence-corrected chi connectivity index (χ1v) is 6.11. The zero-order valence-corrected chi connectivity index (χ0v) is 12.2. The molecule has 0 saturated carbocycles. The molecule has 0 aliphatic rings. The summed E-state index contributed by atoms with van der Waals surface area (Å²) < 4.78 is 5.77. The van der Waals surface area contributed by atoms with E-state index < -0.39 is 0 Å². The topological polar surface area (TPSA) is 9.86 Å². The summed E-state index contributed by atoms with van der Waals surface area (Å²) in [5.41, 5.74) is 2.77. The van der Waals surface area contributed by atoms with Crippen LogP contribution in [0, 0.1) is 18.0 Å². The molecule has 2 nitrogen and oxygen atoms in total. The maximum atomic E-state index is 2.65. The van der Waals surface area contributed by atoms with Crippen molar-refractivity contribution in [2.75, 3.05) is 0 Å². The molecule has 14 heavy (non-hydrogen) atoms. The molecule has 0 atom stereocenters. The summed E-state index contributed by atoms with van der Waals surface area (Å²) >= 11 is 5.16. The average molecular weight is 266 g/mol. The zero-order valence-electron chi connectivity index (χ0n) is 9.37. The number of aromatic nitrogens is 2. The van der Waals surface area contributed by atoms with Crippen LogP contribution in [-0.2, 0) is 39.5 Å². The summed E-state index contributed by atoms with van der Waals surface area (Å²) in [6.07, 6.45) is 0. The van der Waals surface area contributed by atoms with E-state index in [-0.39, 0.29) is 5.54 Å². The van der Waals surface area contributed by atoms with Gasteiger partial charge in [-0.25, -0.2) is 0 Å². The van der Waals surface area contributed by atoms with Gasteiger partial charge in [-0.3, -0.25) is 0 Å². The van der Waals surface area contributed by atoms with Gasteiger partial charge in [-0.05, 0) is 0 Å². The summed E-state index contributed by atoms with van der Waals surface area (Å²) in [6.45, 7) is 11.0. The molecule has 0 bridgehead atoms. The van der Waals surface area contributed by atoms with Crippen LogP contribution in [0.15, 0.2) is 0 Å². The summed E-state index contributed by atoms with van der Waals surface area (Å²) in [5.74, 6) is 0. The van der Waals surface area contributed by atoms with E-state index >= 15 is 0 Å². The Balaban J connectivity index is 3.63. The summed E-state index contributed by atoms with van der Waals surface area (Å²) in [7, 11) is 0. The van der Waals surface area contributed by atoms with Crippen LogP contribution in [0.1, 0.15) is 32.2 Å². The van der Waals surface area contributed by atoms with Gasteiger partial charge in [0.1, 0.15) is 0 Å². The SMILES string of the molecule is Cc1c(C)n(C(C)(C)C)[c](=[V])n1[CH]=[V]. The Morgan fingerprint density at radius 3 is 1.86 bits per heavy atom. The molecule has 0 amide bonds. The predicted molar refractivity (Wildman–Crippen MR) is 51.6 cm³/mol. The molecule has 76 valence electrons. The molecule has 0 aliphatic heterocycles. The second kappa shape index (κ2) is 4.02. The predicted octanol–water partition coefficient (Wildman–Crippen LogP) is 1.89. The normalized spacial score (nSPS) is 11.6. The monoisotopic (exact) mass is 266 g/mol. The molecular formula is C10H16N2V2. The second-order valence-corrected chi connectivity index (χ2v) is 5.45. The molecule has 0 spiro atoms. The molecule has 0 saturated heterocycles. The third-order valence-electron chi connectivity index (χ3n) is 2.42. The number of rotatable bonds is 1. The number of hydrogen-bond donors (Lipinski definition) is 0. The zero-order chi connectivity index (χ0) is 11.1. The van der Waals surface area contributed by atoms with Crippen molar-refractivity contribution in [3.8, 4) is 0 Å². The van der Waals surface area contributed by atoms with E-state index in [0.717, 1.165) is 0 Å². The van der Waals surface area contributed by atoms with Gasteiger partial charge in [0.15, 0.2) is 0 Å². The molecule has 0 fully saturated rings. The number of imidazole rings is 1. The first kappa shape index (κ1) is 12.3. The van der Waals surface area contributed by atoms with Crippen LogP contribution in [0.3, 0.4) is 0 Å². The first-order chi connectivity index (χ1) is 6.30.